The van der Waals surface area contributed by atoms with Crippen molar-refractivity contribution in [3.8, 4) is 5.95 Å². The Hall–Kier alpha value is -2.68. The maximum atomic E-state index is 13.1. The van der Waals surface area contributed by atoms with Crippen LogP contribution < -0.4 is 10.9 Å². The molecule has 3 atom stereocenters. The molecule has 0 saturated heterocycles. The van der Waals surface area contributed by atoms with E-state index in [1.807, 2.05) is 13.0 Å². The molecule has 2 N–H and O–H groups in total. The largest absolute Gasteiger partial charge is 0.352 e. The Morgan fingerprint density at radius 2 is 2.10 bits per heavy atom. The van der Waals surface area contributed by atoms with Crippen LogP contribution in [-0.4, -0.2) is 41.9 Å². The van der Waals surface area contributed by atoms with Crippen LogP contribution in [0.2, 0.25) is 0 Å². The zero-order valence-corrected chi connectivity index (χ0v) is 17.3. The molecular weight excluding hydrogens is 388 g/mol. The van der Waals surface area contributed by atoms with Crippen LogP contribution in [0.1, 0.15) is 39.5 Å². The number of nitrogens with zero attached hydrogens (tertiary/aromatic N) is 4. The van der Waals surface area contributed by atoms with E-state index in [1.165, 1.54) is 29.1 Å². The summed E-state index contributed by atoms with van der Waals surface area (Å²) in [6.07, 6.45) is 5.87. The molecule has 1 aromatic carbocycles. The molecule has 0 aliphatic heterocycles. The van der Waals surface area contributed by atoms with Crippen LogP contribution in [0.25, 0.3) is 16.9 Å². The minimum atomic E-state index is -0.411. The SMILES string of the molecule is C[C@@H](Sc1nc2ccccc2c(=O)n1-c1ncn[nH]1)C(=O)N[C@@H]1CCCC[C@@H]1C. The first kappa shape index (κ1) is 19.6. The van der Waals surface area contributed by atoms with Crippen LogP contribution in [-0.2, 0) is 4.79 Å². The molecule has 2 heterocycles. The number of nitrogens with one attached hydrogen (secondary N) is 2. The van der Waals surface area contributed by atoms with Crippen molar-refractivity contribution >= 4 is 28.6 Å². The first-order chi connectivity index (χ1) is 14.0. The summed E-state index contributed by atoms with van der Waals surface area (Å²) >= 11 is 1.25. The number of aromatic nitrogens is 5. The number of aromatic amines is 1. The average molecular weight is 413 g/mol. The van der Waals surface area contributed by atoms with Crippen LogP contribution in [0.15, 0.2) is 40.5 Å². The monoisotopic (exact) mass is 412 g/mol. The lowest BCUT2D eigenvalue weighted by atomic mass is 9.86. The fourth-order valence-corrected chi connectivity index (χ4v) is 4.64. The standard InChI is InChI=1S/C20H24N6O2S/c1-12-7-3-5-9-15(12)23-17(27)13(2)29-20-24-16-10-6-4-8-14(16)18(28)26(20)19-21-11-22-25-19/h4,6,8,10-13,15H,3,5,7,9H2,1-2H3,(H,23,27)(H,21,22,25)/t12-,13+,15+/m0/s1. The molecule has 0 bridgehead atoms. The van der Waals surface area contributed by atoms with Crippen molar-refractivity contribution < 1.29 is 4.79 Å². The van der Waals surface area contributed by atoms with Gasteiger partial charge in [0.2, 0.25) is 11.9 Å². The Labute approximate surface area is 172 Å². The Kier molecular flexibility index (Phi) is 5.66. The number of hydrogen-bond acceptors (Lipinski definition) is 6. The number of rotatable bonds is 5. The van der Waals surface area contributed by atoms with Crippen molar-refractivity contribution in [3.63, 3.8) is 0 Å². The summed E-state index contributed by atoms with van der Waals surface area (Å²) in [7, 11) is 0. The lowest BCUT2D eigenvalue weighted by molar-refractivity contribution is -0.121. The molecular formula is C20H24N6O2S. The normalized spacial score (nSPS) is 20.5. The maximum Gasteiger partial charge on any atom is 0.269 e. The smallest absolute Gasteiger partial charge is 0.269 e. The van der Waals surface area contributed by atoms with Crippen molar-refractivity contribution in [2.75, 3.05) is 0 Å². The number of H-pyrrole nitrogens is 1. The predicted molar refractivity (Wildman–Crippen MR) is 112 cm³/mol. The van der Waals surface area contributed by atoms with E-state index in [-0.39, 0.29) is 23.5 Å². The van der Waals surface area contributed by atoms with Crippen molar-refractivity contribution in [3.05, 3.63) is 40.9 Å². The van der Waals surface area contributed by atoms with E-state index in [4.69, 9.17) is 0 Å². The number of carbonyl (C=O) groups is 1. The Morgan fingerprint density at radius 3 is 2.86 bits per heavy atom. The third-order valence-corrected chi connectivity index (χ3v) is 6.50. The second-order valence-corrected chi connectivity index (χ2v) is 8.81. The molecule has 8 nitrogen and oxygen atoms in total. The van der Waals surface area contributed by atoms with Crippen molar-refractivity contribution in [2.24, 2.45) is 5.92 Å². The molecule has 1 fully saturated rings. The number of fused-ring (bicyclic) bond motifs is 1. The van der Waals surface area contributed by atoms with Gasteiger partial charge in [0.25, 0.3) is 5.56 Å². The zero-order chi connectivity index (χ0) is 20.4. The first-order valence-corrected chi connectivity index (χ1v) is 10.8. The predicted octanol–water partition coefficient (Wildman–Crippen LogP) is 2.68. The summed E-state index contributed by atoms with van der Waals surface area (Å²) in [5, 5.41) is 10.2. The van der Waals surface area contributed by atoms with E-state index in [9.17, 15) is 9.59 Å². The van der Waals surface area contributed by atoms with Gasteiger partial charge < -0.3 is 5.32 Å². The average Bonchev–Trinajstić information content (AvgIpc) is 3.24. The highest BCUT2D eigenvalue weighted by molar-refractivity contribution is 8.00. The number of benzene rings is 1. The molecule has 0 radical (unpaired) electrons. The van der Waals surface area contributed by atoms with Gasteiger partial charge in [-0.2, -0.15) is 10.1 Å². The number of amides is 1. The van der Waals surface area contributed by atoms with E-state index in [0.717, 1.165) is 19.3 Å². The van der Waals surface area contributed by atoms with Crippen LogP contribution in [0.5, 0.6) is 0 Å². The minimum Gasteiger partial charge on any atom is -0.352 e. The van der Waals surface area contributed by atoms with E-state index in [0.29, 0.717) is 22.0 Å². The number of carbonyl (C=O) groups excluding carboxylic acids is 1. The van der Waals surface area contributed by atoms with Crippen molar-refractivity contribution in [1.82, 2.24) is 30.0 Å². The van der Waals surface area contributed by atoms with Gasteiger partial charge in [-0.15, -0.1) is 0 Å². The molecule has 152 valence electrons. The third-order valence-electron chi connectivity index (χ3n) is 5.45. The summed E-state index contributed by atoms with van der Waals surface area (Å²) in [5.41, 5.74) is 0.340. The molecule has 0 spiro atoms. The Morgan fingerprint density at radius 1 is 1.31 bits per heavy atom. The zero-order valence-electron chi connectivity index (χ0n) is 16.5. The minimum absolute atomic E-state index is 0.0414. The Balaban J connectivity index is 1.63. The highest BCUT2D eigenvalue weighted by atomic mass is 32.2. The van der Waals surface area contributed by atoms with E-state index >= 15 is 0 Å². The molecule has 3 aromatic rings. The molecule has 2 aromatic heterocycles. The second kappa shape index (κ2) is 8.36. The number of hydrogen-bond donors (Lipinski definition) is 2. The van der Waals surface area contributed by atoms with E-state index in [2.05, 4.69) is 32.4 Å². The summed E-state index contributed by atoms with van der Waals surface area (Å²) in [6.45, 7) is 4.02. The van der Waals surface area contributed by atoms with E-state index < -0.39 is 5.25 Å². The van der Waals surface area contributed by atoms with Gasteiger partial charge in [0.1, 0.15) is 6.33 Å². The summed E-state index contributed by atoms with van der Waals surface area (Å²) in [5.74, 6) is 0.723. The van der Waals surface area contributed by atoms with Gasteiger partial charge >= 0.3 is 0 Å². The molecule has 1 aliphatic carbocycles. The number of para-hydroxylation sites is 1. The molecule has 9 heteroatoms. The molecule has 1 amide bonds. The molecule has 4 rings (SSSR count). The Bertz CT molecular complexity index is 1060. The third kappa shape index (κ3) is 4.05. The lowest BCUT2D eigenvalue weighted by Gasteiger charge is -2.30. The summed E-state index contributed by atoms with van der Waals surface area (Å²) in [4.78, 5) is 34.7. The molecule has 0 unspecified atom stereocenters. The van der Waals surface area contributed by atoms with Crippen molar-refractivity contribution in [1.29, 1.82) is 0 Å². The fraction of sp³-hybridized carbons (Fsp3) is 0.450. The maximum absolute atomic E-state index is 13.1. The second-order valence-electron chi connectivity index (χ2n) is 7.50. The van der Waals surface area contributed by atoms with E-state index in [1.54, 1.807) is 18.2 Å². The van der Waals surface area contributed by atoms with Crippen molar-refractivity contribution in [2.45, 2.75) is 56.0 Å². The highest BCUT2D eigenvalue weighted by Gasteiger charge is 2.26. The van der Waals surface area contributed by atoms with Gasteiger partial charge in [0, 0.05) is 6.04 Å². The first-order valence-electron chi connectivity index (χ1n) is 9.89. The fourth-order valence-electron chi connectivity index (χ4n) is 3.73. The molecule has 29 heavy (non-hydrogen) atoms. The highest BCUT2D eigenvalue weighted by Crippen LogP contribution is 2.27. The number of thioether (sulfide) groups is 1. The van der Waals surface area contributed by atoms with Crippen LogP contribution in [0.3, 0.4) is 0 Å². The van der Waals surface area contributed by atoms with Crippen LogP contribution in [0.4, 0.5) is 0 Å². The van der Waals surface area contributed by atoms with Gasteiger partial charge in [-0.05, 0) is 37.8 Å². The lowest BCUT2D eigenvalue weighted by Crippen LogP contribution is -2.44. The summed E-state index contributed by atoms with van der Waals surface area (Å²) < 4.78 is 1.38. The van der Waals surface area contributed by atoms with Crippen LogP contribution in [0, 0.1) is 5.92 Å². The summed E-state index contributed by atoms with van der Waals surface area (Å²) in [6, 6.07) is 7.36. The quantitative estimate of drug-likeness (QED) is 0.493. The van der Waals surface area contributed by atoms with Gasteiger partial charge in [-0.3, -0.25) is 9.59 Å². The topological polar surface area (TPSA) is 106 Å². The van der Waals surface area contributed by atoms with Gasteiger partial charge in [-0.1, -0.05) is 43.7 Å². The van der Waals surface area contributed by atoms with Crippen LogP contribution >= 0.6 is 11.8 Å². The van der Waals surface area contributed by atoms with Gasteiger partial charge in [-0.25, -0.2) is 14.6 Å². The van der Waals surface area contributed by atoms with Gasteiger partial charge in [0.15, 0.2) is 5.16 Å². The molecule has 1 aliphatic rings. The van der Waals surface area contributed by atoms with Gasteiger partial charge in [0.05, 0.1) is 16.2 Å². The molecule has 1 saturated carbocycles.